The minimum absolute atomic E-state index is 0.0266. The van der Waals surface area contributed by atoms with Gasteiger partial charge in [0.15, 0.2) is 9.84 Å². The first-order valence-corrected chi connectivity index (χ1v) is 8.14. The summed E-state index contributed by atoms with van der Waals surface area (Å²) in [4.78, 5) is 25.2. The van der Waals surface area contributed by atoms with E-state index >= 15 is 0 Å². The molecule has 0 saturated carbocycles. The zero-order valence-corrected chi connectivity index (χ0v) is 12.8. The lowest BCUT2D eigenvalue weighted by atomic mass is 9.97. The highest BCUT2D eigenvalue weighted by molar-refractivity contribution is 7.90. The normalized spacial score (nSPS) is 18.5. The fourth-order valence-corrected chi connectivity index (χ4v) is 2.83. The van der Waals surface area contributed by atoms with Crippen molar-refractivity contribution in [1.29, 1.82) is 0 Å². The van der Waals surface area contributed by atoms with Gasteiger partial charge in [-0.1, -0.05) is 0 Å². The van der Waals surface area contributed by atoms with E-state index in [2.05, 4.69) is 5.32 Å². The highest BCUT2D eigenvalue weighted by Gasteiger charge is 2.41. The van der Waals surface area contributed by atoms with Gasteiger partial charge < -0.3 is 10.6 Å². The number of sulfone groups is 1. The molecule has 0 aliphatic carbocycles. The second kappa shape index (κ2) is 4.73. The Morgan fingerprint density at radius 3 is 2.43 bits per heavy atom. The van der Waals surface area contributed by atoms with E-state index in [9.17, 15) is 18.0 Å². The zero-order chi connectivity index (χ0) is 16.0. The molecule has 2 rings (SSSR count). The Hall–Kier alpha value is -2.09. The number of nitrogens with one attached hydrogen (secondary N) is 1. The number of piperazine rings is 1. The number of anilines is 2. The van der Waals surface area contributed by atoms with Crippen LogP contribution in [0, 0.1) is 0 Å². The van der Waals surface area contributed by atoms with Gasteiger partial charge in [-0.3, -0.25) is 14.9 Å². The molecule has 1 aliphatic rings. The summed E-state index contributed by atoms with van der Waals surface area (Å²) < 4.78 is 23.0. The number of amides is 2. The van der Waals surface area contributed by atoms with Crippen LogP contribution >= 0.6 is 0 Å². The molecule has 7 nitrogen and oxygen atoms in total. The Kier molecular flexibility index (Phi) is 3.45. The van der Waals surface area contributed by atoms with E-state index in [4.69, 9.17) is 5.73 Å². The predicted octanol–water partition coefficient (Wildman–Crippen LogP) is -0.0863. The minimum Gasteiger partial charge on any atom is -0.397 e. The third kappa shape index (κ3) is 2.71. The molecule has 1 saturated heterocycles. The van der Waals surface area contributed by atoms with Crippen molar-refractivity contribution in [2.45, 2.75) is 24.3 Å². The maximum Gasteiger partial charge on any atom is 0.251 e. The van der Waals surface area contributed by atoms with E-state index in [1.807, 2.05) is 0 Å². The average molecular weight is 311 g/mol. The summed E-state index contributed by atoms with van der Waals surface area (Å²) in [7, 11) is -3.37. The SMILES string of the molecule is CC1(C)C(=O)NC(=O)CN1c1ccc(S(C)(=O)=O)cc1N. The topological polar surface area (TPSA) is 110 Å². The molecular formula is C13H17N3O4S. The lowest BCUT2D eigenvalue weighted by molar-refractivity contribution is -0.135. The van der Waals surface area contributed by atoms with Crippen LogP contribution in [0.1, 0.15) is 13.8 Å². The zero-order valence-electron chi connectivity index (χ0n) is 12.0. The van der Waals surface area contributed by atoms with Crippen molar-refractivity contribution in [3.8, 4) is 0 Å². The minimum atomic E-state index is -3.37. The second-order valence-corrected chi connectivity index (χ2v) is 7.53. The summed E-state index contributed by atoms with van der Waals surface area (Å²) in [5.41, 5.74) is 5.60. The fraction of sp³-hybridized carbons (Fsp3) is 0.385. The highest BCUT2D eigenvalue weighted by atomic mass is 32.2. The summed E-state index contributed by atoms with van der Waals surface area (Å²) in [6.45, 7) is 3.30. The number of carbonyl (C=O) groups excluding carboxylic acids is 2. The van der Waals surface area contributed by atoms with Gasteiger partial charge in [0.1, 0.15) is 5.54 Å². The van der Waals surface area contributed by atoms with Crippen molar-refractivity contribution in [2.24, 2.45) is 0 Å². The van der Waals surface area contributed by atoms with Gasteiger partial charge >= 0.3 is 0 Å². The van der Waals surface area contributed by atoms with E-state index < -0.39 is 27.2 Å². The largest absolute Gasteiger partial charge is 0.397 e. The lowest BCUT2D eigenvalue weighted by Gasteiger charge is -2.42. The van der Waals surface area contributed by atoms with Crippen LogP contribution in [0.2, 0.25) is 0 Å². The molecule has 1 aromatic rings. The number of nitrogen functional groups attached to an aromatic ring is 1. The van der Waals surface area contributed by atoms with Crippen molar-refractivity contribution >= 4 is 33.0 Å². The first-order chi connectivity index (χ1) is 9.53. The van der Waals surface area contributed by atoms with Gasteiger partial charge in [0, 0.05) is 6.26 Å². The number of rotatable bonds is 2. The fourth-order valence-electron chi connectivity index (χ4n) is 2.18. The third-order valence-corrected chi connectivity index (χ3v) is 4.61. The number of hydrogen-bond donors (Lipinski definition) is 2. The van der Waals surface area contributed by atoms with Gasteiger partial charge in [-0.05, 0) is 32.0 Å². The molecule has 21 heavy (non-hydrogen) atoms. The molecule has 3 N–H and O–H groups in total. The van der Waals surface area contributed by atoms with E-state index in [1.54, 1.807) is 18.7 Å². The molecule has 0 aromatic heterocycles. The van der Waals surface area contributed by atoms with Crippen LogP contribution < -0.4 is 16.0 Å². The monoisotopic (exact) mass is 311 g/mol. The number of carbonyl (C=O) groups is 2. The molecule has 1 aliphatic heterocycles. The number of nitrogens with zero attached hydrogens (tertiary/aromatic N) is 1. The smallest absolute Gasteiger partial charge is 0.251 e. The molecule has 0 atom stereocenters. The Morgan fingerprint density at radius 2 is 1.90 bits per heavy atom. The van der Waals surface area contributed by atoms with Crippen LogP contribution in [-0.4, -0.2) is 38.6 Å². The van der Waals surface area contributed by atoms with Gasteiger partial charge in [0.05, 0.1) is 22.8 Å². The van der Waals surface area contributed by atoms with Gasteiger partial charge in [0.25, 0.3) is 5.91 Å². The lowest BCUT2D eigenvalue weighted by Crippen LogP contribution is -2.64. The summed E-state index contributed by atoms with van der Waals surface area (Å²) in [6, 6.07) is 4.26. The molecule has 1 aromatic carbocycles. The van der Waals surface area contributed by atoms with Crippen LogP contribution in [0.4, 0.5) is 11.4 Å². The highest BCUT2D eigenvalue weighted by Crippen LogP contribution is 2.32. The maximum absolute atomic E-state index is 11.9. The molecular weight excluding hydrogens is 294 g/mol. The summed E-state index contributed by atoms with van der Waals surface area (Å²) in [6.07, 6.45) is 1.09. The van der Waals surface area contributed by atoms with Crippen LogP contribution in [0.5, 0.6) is 0 Å². The molecule has 8 heteroatoms. The predicted molar refractivity (Wildman–Crippen MR) is 78.5 cm³/mol. The van der Waals surface area contributed by atoms with Gasteiger partial charge in [-0.15, -0.1) is 0 Å². The van der Waals surface area contributed by atoms with E-state index in [-0.39, 0.29) is 17.1 Å². The summed E-state index contributed by atoms with van der Waals surface area (Å²) >= 11 is 0. The number of imide groups is 1. The Balaban J connectivity index is 2.51. The van der Waals surface area contributed by atoms with Crippen LogP contribution in [0.15, 0.2) is 23.1 Å². The van der Waals surface area contributed by atoms with Crippen molar-refractivity contribution < 1.29 is 18.0 Å². The molecule has 2 amide bonds. The molecule has 114 valence electrons. The number of nitrogens with two attached hydrogens (primary N) is 1. The first-order valence-electron chi connectivity index (χ1n) is 6.25. The van der Waals surface area contributed by atoms with E-state index in [0.29, 0.717) is 5.69 Å². The van der Waals surface area contributed by atoms with Crippen molar-refractivity contribution in [1.82, 2.24) is 5.32 Å². The standard InChI is InChI=1S/C13H17N3O4S/c1-13(2)12(18)15-11(17)7-16(13)10-5-4-8(6-9(10)14)21(3,19)20/h4-6H,7,14H2,1-3H3,(H,15,17,18). The number of benzene rings is 1. The molecule has 0 bridgehead atoms. The van der Waals surface area contributed by atoms with E-state index in [1.165, 1.54) is 18.2 Å². The van der Waals surface area contributed by atoms with Crippen molar-refractivity contribution in [3.63, 3.8) is 0 Å². The van der Waals surface area contributed by atoms with Crippen LogP contribution in [0.3, 0.4) is 0 Å². The molecule has 0 spiro atoms. The average Bonchev–Trinajstić information content (AvgIpc) is 2.33. The summed E-state index contributed by atoms with van der Waals surface area (Å²) in [5.74, 6) is -0.851. The molecule has 1 heterocycles. The molecule has 0 radical (unpaired) electrons. The molecule has 1 fully saturated rings. The number of hydrogen-bond acceptors (Lipinski definition) is 6. The Morgan fingerprint density at radius 1 is 1.29 bits per heavy atom. The van der Waals surface area contributed by atoms with Crippen LogP contribution in [0.25, 0.3) is 0 Å². The third-order valence-electron chi connectivity index (χ3n) is 3.50. The molecule has 0 unspecified atom stereocenters. The van der Waals surface area contributed by atoms with Gasteiger partial charge in [-0.25, -0.2) is 8.42 Å². The Bertz CT molecular complexity index is 725. The van der Waals surface area contributed by atoms with Crippen LogP contribution in [-0.2, 0) is 19.4 Å². The first kappa shape index (κ1) is 15.3. The van der Waals surface area contributed by atoms with Gasteiger partial charge in [0.2, 0.25) is 5.91 Å². The summed E-state index contributed by atoms with van der Waals surface area (Å²) in [5, 5.41) is 2.27. The quantitative estimate of drug-likeness (QED) is 0.584. The maximum atomic E-state index is 11.9. The van der Waals surface area contributed by atoms with E-state index in [0.717, 1.165) is 6.26 Å². The second-order valence-electron chi connectivity index (χ2n) is 5.52. The van der Waals surface area contributed by atoms with Crippen molar-refractivity contribution in [2.75, 3.05) is 23.4 Å². The Labute approximate surface area is 123 Å². The van der Waals surface area contributed by atoms with Crippen molar-refractivity contribution in [3.05, 3.63) is 18.2 Å². The van der Waals surface area contributed by atoms with Gasteiger partial charge in [-0.2, -0.15) is 0 Å².